The summed E-state index contributed by atoms with van der Waals surface area (Å²) in [5.41, 5.74) is 0. The number of rotatable bonds is 1. The van der Waals surface area contributed by atoms with Crippen LogP contribution in [-0.2, 0) is 0 Å². The lowest BCUT2D eigenvalue weighted by Gasteiger charge is -2.29. The fourth-order valence-electron chi connectivity index (χ4n) is 1.15. The van der Waals surface area contributed by atoms with Gasteiger partial charge in [0.15, 0.2) is 0 Å². The topological polar surface area (TPSA) is 12.0 Å². The fraction of sp³-hybridized carbons (Fsp3) is 1.00. The Bertz CT molecular complexity index is 76.6. The lowest BCUT2D eigenvalue weighted by Crippen LogP contribution is -2.15. The van der Waals surface area contributed by atoms with Crippen molar-refractivity contribution in [3.05, 3.63) is 0 Å². The second-order valence-electron chi connectivity index (χ2n) is 2.59. The van der Waals surface area contributed by atoms with E-state index in [4.69, 9.17) is 0 Å². The van der Waals surface area contributed by atoms with Gasteiger partial charge in [-0.2, -0.15) is 10.2 Å². The van der Waals surface area contributed by atoms with Crippen LogP contribution in [0.4, 0.5) is 0 Å². The number of hydrogen-bond donors (Lipinski definition) is 1. The van der Waals surface area contributed by atoms with Gasteiger partial charge in [-0.25, -0.2) is 0 Å². The quantitative estimate of drug-likeness (QED) is 0.569. The number of hydrogen-bond acceptors (Lipinski definition) is 1. The molecule has 0 radical (unpaired) electrons. The molecule has 1 aliphatic heterocycles. The minimum Gasteiger partial charge on any atom is -0.284 e. The van der Waals surface area contributed by atoms with Crippen LogP contribution in [-0.4, -0.2) is 24.8 Å². The van der Waals surface area contributed by atoms with Gasteiger partial charge in [-0.15, -0.1) is 0 Å². The van der Waals surface area contributed by atoms with Gasteiger partial charge < -0.3 is 0 Å². The molecule has 0 aromatic heterocycles. The molecule has 1 fully saturated rings. The van der Waals surface area contributed by atoms with Crippen LogP contribution in [0.25, 0.3) is 0 Å². The second-order valence-corrected chi connectivity index (χ2v) is 6.37. The average Bonchev–Trinajstić information content (AvgIpc) is 2.17. The van der Waals surface area contributed by atoms with Crippen molar-refractivity contribution in [1.29, 1.82) is 0 Å². The molecular weight excluding hydrogens is 118 g/mol. The maximum atomic E-state index is 3.42. The molecule has 0 bridgehead atoms. The van der Waals surface area contributed by atoms with Crippen molar-refractivity contribution in [2.75, 3.05) is 24.8 Å². The Morgan fingerprint density at radius 2 is 1.75 bits per heavy atom. The lowest BCUT2D eigenvalue weighted by atomic mass is 10.4. The molecule has 1 rings (SSSR count). The standard InChI is InChI=1S/C6H15NS/c1-7-8(2)5-3-4-6-8/h7H,3-6H2,1-2H3. The number of nitrogens with one attached hydrogen (secondary N) is 1. The molecule has 1 N–H and O–H groups in total. The maximum absolute atomic E-state index is 3.42. The summed E-state index contributed by atoms with van der Waals surface area (Å²) >= 11 is 0. The van der Waals surface area contributed by atoms with Gasteiger partial charge >= 0.3 is 0 Å². The van der Waals surface area contributed by atoms with Crippen molar-refractivity contribution in [2.45, 2.75) is 12.8 Å². The van der Waals surface area contributed by atoms with Gasteiger partial charge in [-0.3, -0.25) is 4.72 Å². The monoisotopic (exact) mass is 133 g/mol. The van der Waals surface area contributed by atoms with Crippen LogP contribution in [0.5, 0.6) is 0 Å². The van der Waals surface area contributed by atoms with Gasteiger partial charge in [0.05, 0.1) is 0 Å². The Balaban J connectivity index is 2.40. The lowest BCUT2D eigenvalue weighted by molar-refractivity contribution is 0.949. The zero-order valence-electron chi connectivity index (χ0n) is 5.74. The molecule has 2 heteroatoms. The molecule has 0 spiro atoms. The van der Waals surface area contributed by atoms with Gasteiger partial charge in [-0.1, -0.05) is 0 Å². The smallest absolute Gasteiger partial charge is 0.00713 e. The first kappa shape index (κ1) is 6.43. The predicted octanol–water partition coefficient (Wildman–Crippen LogP) is 1.35. The molecule has 0 amide bonds. The van der Waals surface area contributed by atoms with E-state index in [1.165, 1.54) is 24.3 Å². The Labute approximate surface area is 53.3 Å². The summed E-state index contributed by atoms with van der Waals surface area (Å²) in [5, 5.41) is 0. The first-order chi connectivity index (χ1) is 3.77. The molecule has 1 saturated heterocycles. The van der Waals surface area contributed by atoms with Gasteiger partial charge in [0.2, 0.25) is 0 Å². The normalized spacial score (nSPS) is 30.2. The van der Waals surface area contributed by atoms with Crippen molar-refractivity contribution in [3.8, 4) is 0 Å². The van der Waals surface area contributed by atoms with Crippen LogP contribution in [0.1, 0.15) is 12.8 Å². The zero-order valence-corrected chi connectivity index (χ0v) is 6.55. The van der Waals surface area contributed by atoms with Gasteiger partial charge in [0.25, 0.3) is 0 Å². The van der Waals surface area contributed by atoms with E-state index in [1.807, 2.05) is 0 Å². The van der Waals surface area contributed by atoms with Crippen LogP contribution in [0.3, 0.4) is 0 Å². The SMILES string of the molecule is CNS1(C)CCCC1. The summed E-state index contributed by atoms with van der Waals surface area (Å²) in [6.07, 6.45) is 5.29. The van der Waals surface area contributed by atoms with Crippen LogP contribution < -0.4 is 4.72 Å². The molecule has 1 nitrogen and oxygen atoms in total. The summed E-state index contributed by atoms with van der Waals surface area (Å²) in [7, 11) is 1.81. The van der Waals surface area contributed by atoms with Crippen molar-refractivity contribution < 1.29 is 0 Å². The summed E-state index contributed by atoms with van der Waals surface area (Å²) in [4.78, 5) is 0. The van der Waals surface area contributed by atoms with E-state index in [-0.39, 0.29) is 10.2 Å². The van der Waals surface area contributed by atoms with Crippen molar-refractivity contribution in [3.63, 3.8) is 0 Å². The van der Waals surface area contributed by atoms with E-state index in [9.17, 15) is 0 Å². The Kier molecular flexibility index (Phi) is 1.83. The van der Waals surface area contributed by atoms with Crippen LogP contribution in [0.15, 0.2) is 0 Å². The second kappa shape index (κ2) is 2.28. The van der Waals surface area contributed by atoms with E-state index in [0.717, 1.165) is 0 Å². The van der Waals surface area contributed by atoms with Gasteiger partial charge in [0, 0.05) is 0 Å². The van der Waals surface area contributed by atoms with E-state index in [1.54, 1.807) is 0 Å². The molecule has 0 atom stereocenters. The van der Waals surface area contributed by atoms with Gasteiger partial charge in [0.1, 0.15) is 0 Å². The first-order valence-electron chi connectivity index (χ1n) is 3.19. The molecule has 1 aliphatic rings. The Morgan fingerprint density at radius 1 is 1.25 bits per heavy atom. The maximum Gasteiger partial charge on any atom is -0.00713 e. The highest BCUT2D eigenvalue weighted by atomic mass is 32.3. The predicted molar refractivity (Wildman–Crippen MR) is 41.5 cm³/mol. The van der Waals surface area contributed by atoms with Crippen molar-refractivity contribution >= 4 is 10.2 Å². The highest BCUT2D eigenvalue weighted by molar-refractivity contribution is 8.31. The Morgan fingerprint density at radius 3 is 2.00 bits per heavy atom. The molecule has 0 aromatic carbocycles. The first-order valence-corrected chi connectivity index (χ1v) is 5.57. The summed E-state index contributed by atoms with van der Waals surface area (Å²) in [6.45, 7) is 0. The molecule has 0 unspecified atom stereocenters. The van der Waals surface area contributed by atoms with E-state index >= 15 is 0 Å². The third-order valence-corrected chi connectivity index (χ3v) is 5.30. The summed E-state index contributed by atoms with van der Waals surface area (Å²) in [5.74, 6) is 2.90. The largest absolute Gasteiger partial charge is 0.284 e. The molecule has 0 aromatic rings. The highest BCUT2D eigenvalue weighted by Gasteiger charge is 2.19. The zero-order chi connectivity index (χ0) is 6.04. The van der Waals surface area contributed by atoms with Crippen LogP contribution >= 0.6 is 10.2 Å². The third kappa shape index (κ3) is 1.17. The van der Waals surface area contributed by atoms with Crippen molar-refractivity contribution in [2.24, 2.45) is 0 Å². The molecule has 50 valence electrons. The van der Waals surface area contributed by atoms with Gasteiger partial charge in [-0.05, 0) is 37.7 Å². The molecule has 1 heterocycles. The summed E-state index contributed by atoms with van der Waals surface area (Å²) in [6, 6.07) is 0. The fourth-order valence-corrected chi connectivity index (χ4v) is 3.44. The molecule has 0 aliphatic carbocycles. The summed E-state index contributed by atoms with van der Waals surface area (Å²) < 4.78 is 3.42. The third-order valence-electron chi connectivity index (χ3n) is 1.93. The highest BCUT2D eigenvalue weighted by Crippen LogP contribution is 2.45. The minimum atomic E-state index is -0.292. The minimum absolute atomic E-state index is 0.292. The molecular formula is C6H15NS. The van der Waals surface area contributed by atoms with E-state index in [0.29, 0.717) is 0 Å². The van der Waals surface area contributed by atoms with Crippen molar-refractivity contribution in [1.82, 2.24) is 4.72 Å². The molecule has 0 saturated carbocycles. The Hall–Kier alpha value is 0.310. The van der Waals surface area contributed by atoms with Crippen LogP contribution in [0, 0.1) is 0 Å². The van der Waals surface area contributed by atoms with Crippen LogP contribution in [0.2, 0.25) is 0 Å². The van der Waals surface area contributed by atoms with E-state index in [2.05, 4.69) is 18.0 Å². The van der Waals surface area contributed by atoms with E-state index < -0.39 is 0 Å². The molecule has 8 heavy (non-hydrogen) atoms. The average molecular weight is 133 g/mol.